The second-order valence-electron chi connectivity index (χ2n) is 5.95. The number of carbonyl (C=O) groups is 2. The van der Waals surface area contributed by atoms with Crippen LogP contribution >= 0.6 is 0 Å². The molecular weight excluding hydrogens is 332 g/mol. The molecule has 6 heteroatoms. The maximum Gasteiger partial charge on any atom is 0.311 e. The minimum absolute atomic E-state index is 0.0589. The van der Waals surface area contributed by atoms with Crippen molar-refractivity contribution < 1.29 is 19.1 Å². The van der Waals surface area contributed by atoms with Gasteiger partial charge in [0.15, 0.2) is 11.5 Å². The van der Waals surface area contributed by atoms with Crippen molar-refractivity contribution in [3.63, 3.8) is 0 Å². The maximum atomic E-state index is 12.0. The topological polar surface area (TPSA) is 78.4 Å². The SMILES string of the molecule is CCc1nc(C)ccc1OC(=O)CCC(=O)Oc1ccc(C)nc1CC. The largest absolute Gasteiger partial charge is 0.425 e. The highest BCUT2D eigenvalue weighted by Gasteiger charge is 2.15. The molecule has 0 aromatic carbocycles. The van der Waals surface area contributed by atoms with Crippen LogP contribution in [0.1, 0.15) is 49.5 Å². The predicted molar refractivity (Wildman–Crippen MR) is 97.2 cm³/mol. The van der Waals surface area contributed by atoms with Gasteiger partial charge in [-0.05, 0) is 51.0 Å². The number of esters is 2. The Labute approximate surface area is 153 Å². The van der Waals surface area contributed by atoms with Crippen molar-refractivity contribution in [2.24, 2.45) is 0 Å². The van der Waals surface area contributed by atoms with E-state index in [1.807, 2.05) is 27.7 Å². The number of carbonyl (C=O) groups excluding carboxylic acids is 2. The summed E-state index contributed by atoms with van der Waals surface area (Å²) in [5.41, 5.74) is 3.17. The van der Waals surface area contributed by atoms with Gasteiger partial charge in [0.05, 0.1) is 24.2 Å². The van der Waals surface area contributed by atoms with Gasteiger partial charge in [-0.2, -0.15) is 0 Å². The molecule has 0 fully saturated rings. The van der Waals surface area contributed by atoms with Crippen molar-refractivity contribution in [1.82, 2.24) is 9.97 Å². The van der Waals surface area contributed by atoms with Crippen LogP contribution < -0.4 is 9.47 Å². The van der Waals surface area contributed by atoms with E-state index in [9.17, 15) is 9.59 Å². The molecule has 0 aliphatic heterocycles. The summed E-state index contributed by atoms with van der Waals surface area (Å²) < 4.78 is 10.7. The molecule has 0 aliphatic carbocycles. The second kappa shape index (κ2) is 9.08. The van der Waals surface area contributed by atoms with Crippen LogP contribution in [0.4, 0.5) is 0 Å². The number of hydrogen-bond donors (Lipinski definition) is 0. The zero-order valence-corrected chi connectivity index (χ0v) is 15.7. The van der Waals surface area contributed by atoms with E-state index in [0.717, 1.165) is 22.8 Å². The Morgan fingerprint density at radius 2 is 1.15 bits per heavy atom. The minimum Gasteiger partial charge on any atom is -0.425 e. The molecule has 0 N–H and O–H groups in total. The number of ether oxygens (including phenoxy) is 2. The monoisotopic (exact) mass is 356 g/mol. The molecule has 2 heterocycles. The van der Waals surface area contributed by atoms with Crippen LogP contribution in [-0.2, 0) is 22.4 Å². The van der Waals surface area contributed by atoms with Gasteiger partial charge >= 0.3 is 11.9 Å². The number of pyridine rings is 2. The summed E-state index contributed by atoms with van der Waals surface area (Å²) in [4.78, 5) is 32.7. The fourth-order valence-electron chi connectivity index (χ4n) is 2.44. The molecule has 0 saturated heterocycles. The summed E-state index contributed by atoms with van der Waals surface area (Å²) in [6.45, 7) is 7.64. The van der Waals surface area contributed by atoms with Crippen LogP contribution in [-0.4, -0.2) is 21.9 Å². The Hall–Kier alpha value is -2.76. The van der Waals surface area contributed by atoms with Crippen LogP contribution in [0, 0.1) is 13.8 Å². The number of rotatable bonds is 7. The van der Waals surface area contributed by atoms with Crippen molar-refractivity contribution in [1.29, 1.82) is 0 Å². The fourth-order valence-corrected chi connectivity index (χ4v) is 2.44. The predicted octanol–water partition coefficient (Wildman–Crippen LogP) is 3.51. The molecule has 0 unspecified atom stereocenters. The van der Waals surface area contributed by atoms with Gasteiger partial charge in [0.2, 0.25) is 0 Å². The van der Waals surface area contributed by atoms with Gasteiger partial charge in [0, 0.05) is 11.4 Å². The Bertz CT molecular complexity index is 735. The van der Waals surface area contributed by atoms with Gasteiger partial charge < -0.3 is 9.47 Å². The molecule has 0 saturated carbocycles. The van der Waals surface area contributed by atoms with Crippen LogP contribution in [0.5, 0.6) is 11.5 Å². The molecule has 2 rings (SSSR count). The molecule has 138 valence electrons. The van der Waals surface area contributed by atoms with E-state index in [-0.39, 0.29) is 12.8 Å². The van der Waals surface area contributed by atoms with E-state index in [1.54, 1.807) is 24.3 Å². The highest BCUT2D eigenvalue weighted by atomic mass is 16.5. The first-order chi connectivity index (χ1) is 12.4. The number of hydrogen-bond acceptors (Lipinski definition) is 6. The second-order valence-corrected chi connectivity index (χ2v) is 5.95. The lowest BCUT2D eigenvalue weighted by molar-refractivity contribution is -0.140. The molecule has 0 spiro atoms. The van der Waals surface area contributed by atoms with Gasteiger partial charge in [0.25, 0.3) is 0 Å². The van der Waals surface area contributed by atoms with E-state index >= 15 is 0 Å². The Balaban J connectivity index is 1.90. The molecule has 26 heavy (non-hydrogen) atoms. The quantitative estimate of drug-likeness (QED) is 0.707. The van der Waals surface area contributed by atoms with Gasteiger partial charge in [0.1, 0.15) is 0 Å². The third-order valence-corrected chi connectivity index (χ3v) is 3.79. The minimum atomic E-state index is -0.486. The number of nitrogens with zero attached hydrogens (tertiary/aromatic N) is 2. The number of aromatic nitrogens is 2. The fraction of sp³-hybridized carbons (Fsp3) is 0.400. The lowest BCUT2D eigenvalue weighted by Crippen LogP contribution is -2.15. The van der Waals surface area contributed by atoms with Crippen molar-refractivity contribution in [3.8, 4) is 11.5 Å². The zero-order chi connectivity index (χ0) is 19.1. The molecule has 0 bridgehead atoms. The molecular formula is C20H24N2O4. The number of aryl methyl sites for hydroxylation is 4. The summed E-state index contributed by atoms with van der Waals surface area (Å²) >= 11 is 0. The summed E-state index contributed by atoms with van der Waals surface area (Å²) in [7, 11) is 0. The lowest BCUT2D eigenvalue weighted by Gasteiger charge is -2.10. The summed E-state index contributed by atoms with van der Waals surface area (Å²) in [6, 6.07) is 7.02. The van der Waals surface area contributed by atoms with E-state index in [0.29, 0.717) is 24.3 Å². The van der Waals surface area contributed by atoms with Crippen molar-refractivity contribution in [2.75, 3.05) is 0 Å². The van der Waals surface area contributed by atoms with Crippen molar-refractivity contribution in [2.45, 2.75) is 53.4 Å². The molecule has 0 aliphatic rings. The standard InChI is InChI=1S/C20H24N2O4/c1-5-15-17(9-7-13(3)21-15)25-19(23)11-12-20(24)26-18-10-8-14(4)22-16(18)6-2/h7-10H,5-6,11-12H2,1-4H3. The molecule has 2 aromatic heterocycles. The highest BCUT2D eigenvalue weighted by molar-refractivity contribution is 5.80. The van der Waals surface area contributed by atoms with E-state index < -0.39 is 11.9 Å². The lowest BCUT2D eigenvalue weighted by atomic mass is 10.2. The smallest absolute Gasteiger partial charge is 0.311 e. The molecule has 6 nitrogen and oxygen atoms in total. The van der Waals surface area contributed by atoms with Gasteiger partial charge in [-0.3, -0.25) is 19.6 Å². The van der Waals surface area contributed by atoms with Crippen LogP contribution in [0.3, 0.4) is 0 Å². The van der Waals surface area contributed by atoms with Crippen LogP contribution in [0.25, 0.3) is 0 Å². The molecule has 0 atom stereocenters. The van der Waals surface area contributed by atoms with Crippen molar-refractivity contribution in [3.05, 3.63) is 47.0 Å². The van der Waals surface area contributed by atoms with Crippen LogP contribution in [0.2, 0.25) is 0 Å². The average Bonchev–Trinajstić information content (AvgIpc) is 2.62. The Morgan fingerprint density at radius 3 is 1.50 bits per heavy atom. The van der Waals surface area contributed by atoms with Gasteiger partial charge in [-0.1, -0.05) is 13.8 Å². The molecule has 2 aromatic rings. The first-order valence-electron chi connectivity index (χ1n) is 8.77. The summed E-state index contributed by atoms with van der Waals surface area (Å²) in [5, 5.41) is 0. The Morgan fingerprint density at radius 1 is 0.769 bits per heavy atom. The van der Waals surface area contributed by atoms with Gasteiger partial charge in [-0.25, -0.2) is 0 Å². The summed E-state index contributed by atoms with van der Waals surface area (Å²) in [6.07, 6.45) is 1.20. The van der Waals surface area contributed by atoms with E-state index in [4.69, 9.17) is 9.47 Å². The van der Waals surface area contributed by atoms with E-state index in [1.165, 1.54) is 0 Å². The normalized spacial score (nSPS) is 10.5. The first kappa shape index (κ1) is 19.6. The third kappa shape index (κ3) is 5.37. The zero-order valence-electron chi connectivity index (χ0n) is 15.7. The maximum absolute atomic E-state index is 12.0. The molecule has 0 amide bonds. The highest BCUT2D eigenvalue weighted by Crippen LogP contribution is 2.20. The van der Waals surface area contributed by atoms with Gasteiger partial charge in [-0.15, -0.1) is 0 Å². The Kier molecular flexibility index (Phi) is 6.83. The first-order valence-corrected chi connectivity index (χ1v) is 8.77. The third-order valence-electron chi connectivity index (χ3n) is 3.79. The van der Waals surface area contributed by atoms with Crippen LogP contribution in [0.15, 0.2) is 24.3 Å². The van der Waals surface area contributed by atoms with Crippen molar-refractivity contribution >= 4 is 11.9 Å². The summed E-state index contributed by atoms with van der Waals surface area (Å²) in [5.74, 6) is -0.0972. The molecule has 0 radical (unpaired) electrons. The van der Waals surface area contributed by atoms with E-state index in [2.05, 4.69) is 9.97 Å². The average molecular weight is 356 g/mol.